The van der Waals surface area contributed by atoms with E-state index >= 15 is 0 Å². The van der Waals surface area contributed by atoms with Crippen LogP contribution in [0.2, 0.25) is 0 Å². The molecule has 4 nitrogen and oxygen atoms in total. The Balaban J connectivity index is 1.49. The second-order valence-electron chi connectivity index (χ2n) is 9.23. The number of nitrogens with zero attached hydrogens (tertiary/aromatic N) is 4. The van der Waals surface area contributed by atoms with Gasteiger partial charge in [0.1, 0.15) is 0 Å². The van der Waals surface area contributed by atoms with Crippen LogP contribution in [0.3, 0.4) is 0 Å². The highest BCUT2D eigenvalue weighted by Crippen LogP contribution is 2.37. The first-order valence-corrected chi connectivity index (χ1v) is 12.0. The number of allylic oxidation sites excluding steroid dienone is 1. The Labute approximate surface area is 208 Å². The second kappa shape index (κ2) is 7.73. The van der Waals surface area contributed by atoms with Crippen molar-refractivity contribution in [3.05, 3.63) is 114 Å². The molecule has 1 unspecified atom stereocenters. The fraction of sp³-hybridized carbons (Fsp3) is 0.0625. The third-order valence-corrected chi connectivity index (χ3v) is 7.24. The van der Waals surface area contributed by atoms with Crippen LogP contribution in [0.15, 0.2) is 97.1 Å². The maximum absolute atomic E-state index is 9.53. The summed E-state index contributed by atoms with van der Waals surface area (Å²) >= 11 is 0. The van der Waals surface area contributed by atoms with Gasteiger partial charge in [-0.2, -0.15) is 10.5 Å². The number of hydrogen-bond acceptors (Lipinski definition) is 2. The standard InChI is InChI=1S/C32H20N4/c33-19-21-12-14-31-27(16-21)25-8-1-3-10-29(25)35(31)23-6-5-7-24(18-23)36-30-11-4-2-9-26(30)28-17-22(20-34)13-15-32(28)36/h1-16,18,22H,17H2. The first-order chi connectivity index (χ1) is 17.8. The van der Waals surface area contributed by atoms with Gasteiger partial charge in [0.25, 0.3) is 0 Å². The van der Waals surface area contributed by atoms with Crippen molar-refractivity contribution in [1.82, 2.24) is 9.13 Å². The van der Waals surface area contributed by atoms with Crippen molar-refractivity contribution in [2.75, 3.05) is 0 Å². The zero-order valence-electron chi connectivity index (χ0n) is 19.4. The van der Waals surface area contributed by atoms with E-state index in [2.05, 4.69) is 94.1 Å². The van der Waals surface area contributed by atoms with Crippen molar-refractivity contribution in [2.45, 2.75) is 6.42 Å². The molecule has 1 aliphatic rings. The Kier molecular flexibility index (Phi) is 4.37. The molecule has 1 aliphatic carbocycles. The van der Waals surface area contributed by atoms with Gasteiger partial charge in [-0.15, -0.1) is 0 Å². The van der Waals surface area contributed by atoms with E-state index in [1.54, 1.807) is 0 Å². The van der Waals surface area contributed by atoms with E-state index in [-0.39, 0.29) is 5.92 Å². The Morgan fingerprint density at radius 3 is 2.14 bits per heavy atom. The fourth-order valence-corrected chi connectivity index (χ4v) is 5.67. The van der Waals surface area contributed by atoms with Crippen LogP contribution in [0.4, 0.5) is 0 Å². The van der Waals surface area contributed by atoms with Gasteiger partial charge < -0.3 is 9.13 Å². The normalized spacial score (nSPS) is 14.7. The van der Waals surface area contributed by atoms with Gasteiger partial charge in [-0.1, -0.05) is 48.5 Å². The molecule has 0 fully saturated rings. The molecule has 0 radical (unpaired) electrons. The van der Waals surface area contributed by atoms with E-state index in [0.717, 1.165) is 50.8 Å². The van der Waals surface area contributed by atoms with E-state index in [0.29, 0.717) is 5.56 Å². The smallest absolute Gasteiger partial charge is 0.0991 e. The molecular formula is C32H20N4. The van der Waals surface area contributed by atoms with Gasteiger partial charge in [0, 0.05) is 33.2 Å². The summed E-state index contributed by atoms with van der Waals surface area (Å²) in [7, 11) is 0. The van der Waals surface area contributed by atoms with E-state index in [1.807, 2.05) is 30.3 Å². The molecule has 168 valence electrons. The number of hydrogen-bond donors (Lipinski definition) is 0. The monoisotopic (exact) mass is 460 g/mol. The maximum Gasteiger partial charge on any atom is 0.0991 e. The largest absolute Gasteiger partial charge is 0.310 e. The van der Waals surface area contributed by atoms with Gasteiger partial charge in [-0.3, -0.25) is 0 Å². The highest BCUT2D eigenvalue weighted by molar-refractivity contribution is 6.09. The number of para-hydroxylation sites is 2. The van der Waals surface area contributed by atoms with Crippen molar-refractivity contribution in [3.63, 3.8) is 0 Å². The van der Waals surface area contributed by atoms with Gasteiger partial charge in [0.2, 0.25) is 0 Å². The number of nitriles is 2. The molecule has 7 rings (SSSR count). The van der Waals surface area contributed by atoms with E-state index < -0.39 is 0 Å². The predicted molar refractivity (Wildman–Crippen MR) is 144 cm³/mol. The highest BCUT2D eigenvalue weighted by atomic mass is 15.0. The Bertz CT molecular complexity index is 1950. The van der Waals surface area contributed by atoms with E-state index in [9.17, 15) is 10.5 Å². The van der Waals surface area contributed by atoms with Crippen molar-refractivity contribution in [3.8, 4) is 23.5 Å². The Morgan fingerprint density at radius 1 is 0.667 bits per heavy atom. The summed E-state index contributed by atoms with van der Waals surface area (Å²) in [6.07, 6.45) is 4.84. The maximum atomic E-state index is 9.53. The SMILES string of the molecule is N#Cc1ccc2c(c1)c1ccccc1n2-c1cccc(-n2c3c(c4ccccc42)CC(C#N)C=C3)c1. The van der Waals surface area contributed by atoms with Crippen molar-refractivity contribution >= 4 is 38.8 Å². The molecule has 0 spiro atoms. The van der Waals surface area contributed by atoms with E-state index in [1.165, 1.54) is 10.9 Å². The van der Waals surface area contributed by atoms with Gasteiger partial charge in [0.05, 0.1) is 40.2 Å². The van der Waals surface area contributed by atoms with Gasteiger partial charge in [-0.25, -0.2) is 0 Å². The summed E-state index contributed by atoms with van der Waals surface area (Å²) < 4.78 is 4.58. The average Bonchev–Trinajstić information content (AvgIpc) is 3.45. The van der Waals surface area contributed by atoms with Crippen LogP contribution in [0.1, 0.15) is 16.8 Å². The number of rotatable bonds is 2. The molecule has 0 bridgehead atoms. The molecule has 0 saturated heterocycles. The molecule has 1 atom stereocenters. The van der Waals surface area contributed by atoms with Gasteiger partial charge in [0.15, 0.2) is 0 Å². The number of aromatic nitrogens is 2. The fourth-order valence-electron chi connectivity index (χ4n) is 5.67. The molecule has 0 aliphatic heterocycles. The number of benzene rings is 4. The van der Waals surface area contributed by atoms with Crippen molar-refractivity contribution in [1.29, 1.82) is 10.5 Å². The summed E-state index contributed by atoms with van der Waals surface area (Å²) in [5.74, 6) is -0.0982. The molecule has 6 aromatic rings. The highest BCUT2D eigenvalue weighted by Gasteiger charge is 2.22. The summed E-state index contributed by atoms with van der Waals surface area (Å²) in [4.78, 5) is 0. The molecular weight excluding hydrogens is 440 g/mol. The van der Waals surface area contributed by atoms with Crippen LogP contribution in [0.5, 0.6) is 0 Å². The second-order valence-corrected chi connectivity index (χ2v) is 9.23. The lowest BCUT2D eigenvalue weighted by Crippen LogP contribution is -2.07. The minimum atomic E-state index is -0.0982. The van der Waals surface area contributed by atoms with Crippen molar-refractivity contribution < 1.29 is 0 Å². The zero-order valence-corrected chi connectivity index (χ0v) is 19.4. The number of fused-ring (bicyclic) bond motifs is 6. The summed E-state index contributed by atoms with van der Waals surface area (Å²) in [5.41, 5.74) is 8.48. The lowest BCUT2D eigenvalue weighted by molar-refractivity contribution is 0.809. The average molecular weight is 461 g/mol. The first-order valence-electron chi connectivity index (χ1n) is 12.0. The Hall–Kier alpha value is -5.06. The van der Waals surface area contributed by atoms with Crippen LogP contribution < -0.4 is 0 Å². The molecule has 4 aromatic carbocycles. The molecule has 0 amide bonds. The predicted octanol–water partition coefficient (Wildman–Crippen LogP) is 7.31. The topological polar surface area (TPSA) is 57.4 Å². The van der Waals surface area contributed by atoms with Crippen LogP contribution in [0, 0.1) is 28.6 Å². The lowest BCUT2D eigenvalue weighted by Gasteiger charge is -2.16. The molecule has 4 heteroatoms. The minimum absolute atomic E-state index is 0.0982. The van der Waals surface area contributed by atoms with Crippen LogP contribution >= 0.6 is 0 Å². The quantitative estimate of drug-likeness (QED) is 0.272. The molecule has 2 heterocycles. The van der Waals surface area contributed by atoms with Crippen molar-refractivity contribution in [2.24, 2.45) is 5.92 Å². The third-order valence-electron chi connectivity index (χ3n) is 7.24. The Morgan fingerprint density at radius 2 is 1.36 bits per heavy atom. The summed E-state index contributed by atoms with van der Waals surface area (Å²) in [5, 5.41) is 22.4. The molecule has 2 aromatic heterocycles. The van der Waals surface area contributed by atoms with Gasteiger partial charge in [-0.05, 0) is 66.6 Å². The third kappa shape index (κ3) is 2.86. The van der Waals surface area contributed by atoms with Gasteiger partial charge >= 0.3 is 0 Å². The lowest BCUT2D eigenvalue weighted by atomic mass is 9.93. The summed E-state index contributed by atoms with van der Waals surface area (Å²) in [6, 6.07) is 36.0. The minimum Gasteiger partial charge on any atom is -0.310 e. The van der Waals surface area contributed by atoms with Crippen LogP contribution in [-0.4, -0.2) is 9.13 Å². The summed E-state index contributed by atoms with van der Waals surface area (Å²) in [6.45, 7) is 0. The molecule has 36 heavy (non-hydrogen) atoms. The molecule has 0 saturated carbocycles. The van der Waals surface area contributed by atoms with E-state index in [4.69, 9.17) is 0 Å². The van der Waals surface area contributed by atoms with Crippen LogP contribution in [-0.2, 0) is 6.42 Å². The first kappa shape index (κ1) is 20.3. The zero-order chi connectivity index (χ0) is 24.2. The molecule has 0 N–H and O–H groups in total. The van der Waals surface area contributed by atoms with Crippen LogP contribution in [0.25, 0.3) is 50.2 Å².